The van der Waals surface area contributed by atoms with E-state index in [1.54, 1.807) is 24.3 Å². The van der Waals surface area contributed by atoms with E-state index in [9.17, 15) is 9.90 Å². The second-order valence-electron chi connectivity index (χ2n) is 6.53. The Morgan fingerprint density at radius 3 is 2.71 bits per heavy atom. The Bertz CT molecular complexity index is 580. The molecule has 3 saturated heterocycles. The molecule has 0 aliphatic carbocycles. The topological polar surface area (TPSA) is 65.0 Å². The number of carbonyl (C=O) groups is 1. The molecule has 1 aromatic carbocycles. The van der Waals surface area contributed by atoms with Crippen LogP contribution in [0.3, 0.4) is 0 Å². The van der Waals surface area contributed by atoms with Crippen LogP contribution < -0.4 is 0 Å². The molecule has 2 bridgehead atoms. The molecule has 0 spiro atoms. The Kier molecular flexibility index (Phi) is 2.56. The normalized spacial score (nSPS) is 46.8. The molecule has 3 aliphatic rings. The number of fused-ring (bicyclic) bond motifs is 1. The highest BCUT2D eigenvalue weighted by atomic mass is 16.7. The molecule has 3 heterocycles. The van der Waals surface area contributed by atoms with E-state index in [-0.39, 0.29) is 18.2 Å². The molecule has 21 heavy (non-hydrogen) atoms. The number of esters is 1. The monoisotopic (exact) mass is 290 g/mol. The van der Waals surface area contributed by atoms with Gasteiger partial charge in [-0.25, -0.2) is 4.79 Å². The summed E-state index contributed by atoms with van der Waals surface area (Å²) in [5, 5.41) is 10.3. The van der Waals surface area contributed by atoms with E-state index in [0.717, 1.165) is 0 Å². The van der Waals surface area contributed by atoms with E-state index >= 15 is 0 Å². The predicted molar refractivity (Wildman–Crippen MR) is 72.8 cm³/mol. The first-order chi connectivity index (χ1) is 9.94. The standard InChI is InChI=1S/C16H18O5/c1-15-8-10(19-14(18)9-6-4-3-5-7-9)12-16(2,21-15)13(20-12)11(15)17/h3-7,10-13,17H,8H2,1-2H3/t10-,11+,12-,13+,15-,16+/m0/s1. The zero-order chi connectivity index (χ0) is 14.8. The SMILES string of the molecule is C[C@@]12O[C@@]3(C)C[C@H](OC(=O)c4ccccc4)[C@@H]1O[C@@H]2[C@H]3O. The van der Waals surface area contributed by atoms with Crippen molar-refractivity contribution >= 4 is 5.97 Å². The molecule has 5 heteroatoms. The molecule has 6 atom stereocenters. The van der Waals surface area contributed by atoms with Gasteiger partial charge in [-0.3, -0.25) is 0 Å². The highest BCUT2D eigenvalue weighted by Gasteiger charge is 2.75. The van der Waals surface area contributed by atoms with Crippen molar-refractivity contribution in [1.82, 2.24) is 0 Å². The zero-order valence-corrected chi connectivity index (χ0v) is 12.0. The van der Waals surface area contributed by atoms with Crippen LogP contribution in [0.15, 0.2) is 30.3 Å². The lowest BCUT2D eigenvalue weighted by atomic mass is 9.83. The van der Waals surface area contributed by atoms with Gasteiger partial charge in [-0.2, -0.15) is 0 Å². The molecule has 0 saturated carbocycles. The van der Waals surface area contributed by atoms with E-state index in [1.807, 2.05) is 19.9 Å². The lowest BCUT2D eigenvalue weighted by molar-refractivity contribution is -0.324. The van der Waals surface area contributed by atoms with Gasteiger partial charge in [0.05, 0.1) is 11.2 Å². The van der Waals surface area contributed by atoms with Crippen molar-refractivity contribution < 1.29 is 24.1 Å². The minimum absolute atomic E-state index is 0.305. The van der Waals surface area contributed by atoms with Gasteiger partial charge < -0.3 is 19.3 Å². The first kappa shape index (κ1) is 13.2. The van der Waals surface area contributed by atoms with E-state index < -0.39 is 23.4 Å². The van der Waals surface area contributed by atoms with Crippen molar-refractivity contribution in [2.75, 3.05) is 0 Å². The number of hydrogen-bond acceptors (Lipinski definition) is 5. The Labute approximate surface area is 122 Å². The van der Waals surface area contributed by atoms with Crippen LogP contribution in [0.25, 0.3) is 0 Å². The van der Waals surface area contributed by atoms with Crippen molar-refractivity contribution in [1.29, 1.82) is 0 Å². The number of carbonyl (C=O) groups excluding carboxylic acids is 1. The van der Waals surface area contributed by atoms with Crippen LogP contribution in [0.5, 0.6) is 0 Å². The number of aliphatic hydroxyl groups excluding tert-OH is 1. The Hall–Kier alpha value is -1.43. The zero-order valence-electron chi connectivity index (χ0n) is 12.0. The molecule has 0 aromatic heterocycles. The van der Waals surface area contributed by atoms with Crippen molar-refractivity contribution in [2.45, 2.75) is 55.9 Å². The van der Waals surface area contributed by atoms with Gasteiger partial charge in [0.15, 0.2) is 0 Å². The number of ether oxygens (including phenoxy) is 3. The molecular formula is C16H18O5. The van der Waals surface area contributed by atoms with Gasteiger partial charge in [0.1, 0.15) is 30.0 Å². The van der Waals surface area contributed by atoms with E-state index in [0.29, 0.717) is 12.0 Å². The number of benzene rings is 1. The van der Waals surface area contributed by atoms with Gasteiger partial charge >= 0.3 is 5.97 Å². The highest BCUT2D eigenvalue weighted by Crippen LogP contribution is 2.57. The van der Waals surface area contributed by atoms with E-state index in [4.69, 9.17) is 14.2 Å². The van der Waals surface area contributed by atoms with Gasteiger partial charge in [0.2, 0.25) is 0 Å². The molecule has 112 valence electrons. The Morgan fingerprint density at radius 1 is 1.29 bits per heavy atom. The van der Waals surface area contributed by atoms with Gasteiger partial charge in [-0.05, 0) is 26.0 Å². The average Bonchev–Trinajstić information content (AvgIpc) is 2.54. The number of hydrogen-bond donors (Lipinski definition) is 1. The first-order valence-electron chi connectivity index (χ1n) is 7.24. The van der Waals surface area contributed by atoms with Crippen molar-refractivity contribution in [3.63, 3.8) is 0 Å². The summed E-state index contributed by atoms with van der Waals surface area (Å²) in [6.07, 6.45) is -1.26. The fraction of sp³-hybridized carbons (Fsp3) is 0.562. The number of aliphatic hydroxyl groups is 1. The minimum atomic E-state index is -0.714. The van der Waals surface area contributed by atoms with Crippen molar-refractivity contribution in [3.8, 4) is 0 Å². The van der Waals surface area contributed by atoms with Gasteiger partial charge in [0.25, 0.3) is 0 Å². The summed E-state index contributed by atoms with van der Waals surface area (Å²) in [6, 6.07) is 8.89. The van der Waals surface area contributed by atoms with E-state index in [1.165, 1.54) is 0 Å². The first-order valence-corrected chi connectivity index (χ1v) is 7.24. The van der Waals surface area contributed by atoms with Gasteiger partial charge in [0, 0.05) is 6.42 Å². The number of rotatable bonds is 2. The van der Waals surface area contributed by atoms with Crippen LogP contribution in [0, 0.1) is 0 Å². The maximum atomic E-state index is 12.2. The van der Waals surface area contributed by atoms with Crippen LogP contribution in [-0.4, -0.2) is 46.7 Å². The fourth-order valence-electron chi connectivity index (χ4n) is 3.91. The van der Waals surface area contributed by atoms with Crippen LogP contribution >= 0.6 is 0 Å². The third-order valence-corrected chi connectivity index (χ3v) is 5.00. The largest absolute Gasteiger partial charge is 0.456 e. The quantitative estimate of drug-likeness (QED) is 0.832. The van der Waals surface area contributed by atoms with Crippen LogP contribution in [-0.2, 0) is 14.2 Å². The highest BCUT2D eigenvalue weighted by molar-refractivity contribution is 5.89. The summed E-state index contributed by atoms with van der Waals surface area (Å²) in [7, 11) is 0. The van der Waals surface area contributed by atoms with Crippen LogP contribution in [0.4, 0.5) is 0 Å². The lowest BCUT2D eigenvalue weighted by Crippen LogP contribution is -2.69. The predicted octanol–water partition coefficient (Wildman–Crippen LogP) is 1.29. The summed E-state index contributed by atoms with van der Waals surface area (Å²) >= 11 is 0. The Balaban J connectivity index is 1.57. The molecular weight excluding hydrogens is 272 g/mol. The third kappa shape index (κ3) is 1.65. The smallest absolute Gasteiger partial charge is 0.338 e. The van der Waals surface area contributed by atoms with Crippen molar-refractivity contribution in [3.05, 3.63) is 35.9 Å². The lowest BCUT2D eigenvalue weighted by Gasteiger charge is -2.53. The Morgan fingerprint density at radius 2 is 2.00 bits per heavy atom. The second-order valence-corrected chi connectivity index (χ2v) is 6.53. The van der Waals surface area contributed by atoms with Gasteiger partial charge in [-0.1, -0.05) is 18.2 Å². The fourth-order valence-corrected chi connectivity index (χ4v) is 3.91. The molecule has 5 nitrogen and oxygen atoms in total. The molecule has 0 amide bonds. The van der Waals surface area contributed by atoms with Gasteiger partial charge in [-0.15, -0.1) is 0 Å². The summed E-state index contributed by atoms with van der Waals surface area (Å²) < 4.78 is 17.4. The third-order valence-electron chi connectivity index (χ3n) is 5.00. The van der Waals surface area contributed by atoms with Crippen LogP contribution in [0.1, 0.15) is 30.6 Å². The summed E-state index contributed by atoms with van der Waals surface area (Å²) in [5.74, 6) is -0.365. The maximum absolute atomic E-state index is 12.2. The molecule has 3 fully saturated rings. The maximum Gasteiger partial charge on any atom is 0.338 e. The van der Waals surface area contributed by atoms with E-state index in [2.05, 4.69) is 0 Å². The molecule has 0 unspecified atom stereocenters. The van der Waals surface area contributed by atoms with Crippen molar-refractivity contribution in [2.24, 2.45) is 0 Å². The molecule has 0 radical (unpaired) electrons. The molecule has 1 aromatic rings. The molecule has 1 N–H and O–H groups in total. The second kappa shape index (κ2) is 4.06. The summed E-state index contributed by atoms with van der Waals surface area (Å²) in [4.78, 5) is 12.2. The summed E-state index contributed by atoms with van der Waals surface area (Å²) in [6.45, 7) is 3.77. The molecule has 4 rings (SSSR count). The van der Waals surface area contributed by atoms with Crippen LogP contribution in [0.2, 0.25) is 0 Å². The minimum Gasteiger partial charge on any atom is -0.456 e. The molecule has 3 aliphatic heterocycles. The average molecular weight is 290 g/mol. The summed E-state index contributed by atoms with van der Waals surface area (Å²) in [5.41, 5.74) is -0.759.